The van der Waals surface area contributed by atoms with Crippen LogP contribution in [0.5, 0.6) is 0 Å². The molecule has 0 aliphatic carbocycles. The zero-order valence-electron chi connectivity index (χ0n) is 12.4. The molecule has 2 heteroatoms. The summed E-state index contributed by atoms with van der Waals surface area (Å²) in [5.74, 6) is 0. The summed E-state index contributed by atoms with van der Waals surface area (Å²) in [5.41, 5.74) is 3.30. The second-order valence-corrected chi connectivity index (χ2v) is 6.03. The Labute approximate surface area is 111 Å². The third-order valence-electron chi connectivity index (χ3n) is 3.36. The van der Waals surface area contributed by atoms with Gasteiger partial charge >= 0.3 is 0 Å². The molecule has 1 N–H and O–H groups in total. The number of ether oxygens (including phenoxy) is 1. The minimum atomic E-state index is -0.579. The Kier molecular flexibility index (Phi) is 4.94. The van der Waals surface area contributed by atoms with Gasteiger partial charge in [0, 0.05) is 6.61 Å². The summed E-state index contributed by atoms with van der Waals surface area (Å²) in [4.78, 5) is 0. The van der Waals surface area contributed by atoms with Crippen LogP contribution in [0.2, 0.25) is 0 Å². The van der Waals surface area contributed by atoms with Crippen molar-refractivity contribution in [1.82, 2.24) is 0 Å². The number of rotatable bonds is 4. The van der Waals surface area contributed by atoms with E-state index in [-0.39, 0.29) is 11.5 Å². The molecule has 0 aliphatic rings. The predicted octanol–water partition coefficient (Wildman–Crippen LogP) is 3.79. The van der Waals surface area contributed by atoms with Gasteiger partial charge in [-0.3, -0.25) is 0 Å². The lowest BCUT2D eigenvalue weighted by Crippen LogP contribution is -2.35. The fraction of sp³-hybridized carbons (Fsp3) is 0.625. The summed E-state index contributed by atoms with van der Waals surface area (Å²) >= 11 is 0. The fourth-order valence-electron chi connectivity index (χ4n) is 2.12. The molecule has 2 unspecified atom stereocenters. The third kappa shape index (κ3) is 3.56. The molecule has 1 aromatic carbocycles. The van der Waals surface area contributed by atoms with E-state index in [1.807, 2.05) is 13.0 Å². The average molecular weight is 250 g/mol. The first-order valence-corrected chi connectivity index (χ1v) is 6.64. The van der Waals surface area contributed by atoms with Gasteiger partial charge in [-0.1, -0.05) is 39.0 Å². The van der Waals surface area contributed by atoms with E-state index in [1.165, 1.54) is 11.1 Å². The fourth-order valence-corrected chi connectivity index (χ4v) is 2.12. The molecule has 1 aromatic rings. The van der Waals surface area contributed by atoms with Crippen LogP contribution in [0.25, 0.3) is 0 Å². The largest absolute Gasteiger partial charge is 0.386 e. The van der Waals surface area contributed by atoms with Crippen molar-refractivity contribution in [3.63, 3.8) is 0 Å². The van der Waals surface area contributed by atoms with Crippen LogP contribution in [0, 0.1) is 19.3 Å². The number of aryl methyl sites for hydroxylation is 2. The second-order valence-electron chi connectivity index (χ2n) is 6.03. The van der Waals surface area contributed by atoms with Crippen LogP contribution >= 0.6 is 0 Å². The second kappa shape index (κ2) is 5.85. The maximum Gasteiger partial charge on any atom is 0.106 e. The average Bonchev–Trinajstić information content (AvgIpc) is 2.27. The molecule has 0 amide bonds. The zero-order valence-corrected chi connectivity index (χ0v) is 12.4. The minimum Gasteiger partial charge on any atom is -0.386 e. The van der Waals surface area contributed by atoms with Gasteiger partial charge in [-0.15, -0.1) is 0 Å². The van der Waals surface area contributed by atoms with Crippen molar-refractivity contribution in [3.05, 3.63) is 34.9 Å². The quantitative estimate of drug-likeness (QED) is 0.881. The van der Waals surface area contributed by atoms with Gasteiger partial charge in [-0.2, -0.15) is 0 Å². The maximum atomic E-state index is 10.5. The van der Waals surface area contributed by atoms with E-state index < -0.39 is 6.10 Å². The lowest BCUT2D eigenvalue weighted by molar-refractivity contribution is -0.0899. The van der Waals surface area contributed by atoms with Crippen LogP contribution in [-0.4, -0.2) is 17.8 Å². The number of aliphatic hydroxyl groups is 1. The van der Waals surface area contributed by atoms with Crippen LogP contribution < -0.4 is 0 Å². The third-order valence-corrected chi connectivity index (χ3v) is 3.36. The van der Waals surface area contributed by atoms with Gasteiger partial charge in [0.15, 0.2) is 0 Å². The van der Waals surface area contributed by atoms with Gasteiger partial charge in [0.2, 0.25) is 0 Å². The van der Waals surface area contributed by atoms with E-state index in [9.17, 15) is 5.11 Å². The monoisotopic (exact) mass is 250 g/mol. The highest BCUT2D eigenvalue weighted by Crippen LogP contribution is 2.33. The van der Waals surface area contributed by atoms with Crippen molar-refractivity contribution in [3.8, 4) is 0 Å². The Balaban J connectivity index is 3.01. The van der Waals surface area contributed by atoms with Crippen molar-refractivity contribution >= 4 is 0 Å². The van der Waals surface area contributed by atoms with Crippen molar-refractivity contribution in [2.24, 2.45) is 5.41 Å². The van der Waals surface area contributed by atoms with E-state index in [4.69, 9.17) is 4.74 Å². The number of aliphatic hydroxyl groups excluding tert-OH is 1. The SMILES string of the molecule is CCOC(C(O)c1ccc(C)c(C)c1)C(C)(C)C. The molecule has 2 atom stereocenters. The highest BCUT2D eigenvalue weighted by molar-refractivity contribution is 5.31. The van der Waals surface area contributed by atoms with Gasteiger partial charge in [-0.25, -0.2) is 0 Å². The van der Waals surface area contributed by atoms with Crippen LogP contribution in [0.3, 0.4) is 0 Å². The molecule has 0 radical (unpaired) electrons. The number of benzene rings is 1. The van der Waals surface area contributed by atoms with E-state index in [2.05, 4.69) is 46.8 Å². The molecule has 1 rings (SSSR count). The van der Waals surface area contributed by atoms with E-state index in [1.54, 1.807) is 0 Å². The van der Waals surface area contributed by atoms with Gasteiger partial charge in [0.05, 0.1) is 6.10 Å². The van der Waals surface area contributed by atoms with Gasteiger partial charge in [-0.05, 0) is 42.9 Å². The van der Waals surface area contributed by atoms with Crippen molar-refractivity contribution in [2.75, 3.05) is 6.61 Å². The minimum absolute atomic E-state index is 0.0891. The number of hydrogen-bond acceptors (Lipinski definition) is 2. The van der Waals surface area contributed by atoms with Gasteiger partial charge < -0.3 is 9.84 Å². The Morgan fingerprint density at radius 2 is 1.78 bits per heavy atom. The summed E-state index contributed by atoms with van der Waals surface area (Å²) in [6.45, 7) is 13.0. The lowest BCUT2D eigenvalue weighted by atomic mass is 9.83. The molecule has 0 spiro atoms. The van der Waals surface area contributed by atoms with E-state index >= 15 is 0 Å². The summed E-state index contributed by atoms with van der Waals surface area (Å²) in [6.07, 6.45) is -0.770. The molecule has 0 heterocycles. The summed E-state index contributed by atoms with van der Waals surface area (Å²) < 4.78 is 5.74. The Morgan fingerprint density at radius 3 is 2.22 bits per heavy atom. The van der Waals surface area contributed by atoms with Crippen LogP contribution in [-0.2, 0) is 4.74 Å². The molecular weight excluding hydrogens is 224 g/mol. The highest BCUT2D eigenvalue weighted by Gasteiger charge is 2.32. The molecule has 0 aliphatic heterocycles. The van der Waals surface area contributed by atoms with Crippen LogP contribution in [0.15, 0.2) is 18.2 Å². The Hall–Kier alpha value is -0.860. The molecule has 0 aromatic heterocycles. The van der Waals surface area contributed by atoms with E-state index in [0.717, 1.165) is 5.56 Å². The molecule has 102 valence electrons. The van der Waals surface area contributed by atoms with Gasteiger partial charge in [0.25, 0.3) is 0 Å². The highest BCUT2D eigenvalue weighted by atomic mass is 16.5. The van der Waals surface area contributed by atoms with Crippen LogP contribution in [0.1, 0.15) is 50.5 Å². The lowest BCUT2D eigenvalue weighted by Gasteiger charge is -2.34. The summed E-state index contributed by atoms with van der Waals surface area (Å²) in [7, 11) is 0. The van der Waals surface area contributed by atoms with Crippen LogP contribution in [0.4, 0.5) is 0 Å². The first-order valence-electron chi connectivity index (χ1n) is 6.64. The molecule has 0 saturated carbocycles. The molecule has 0 fully saturated rings. The van der Waals surface area contributed by atoms with Crippen molar-refractivity contribution < 1.29 is 9.84 Å². The Bertz CT molecular complexity index is 391. The van der Waals surface area contributed by atoms with Crippen molar-refractivity contribution in [2.45, 2.75) is 53.8 Å². The first kappa shape index (κ1) is 15.2. The van der Waals surface area contributed by atoms with Gasteiger partial charge in [0.1, 0.15) is 6.10 Å². The Morgan fingerprint density at radius 1 is 1.17 bits per heavy atom. The molecular formula is C16H26O2. The molecule has 0 bridgehead atoms. The normalized spacial score (nSPS) is 15.5. The smallest absolute Gasteiger partial charge is 0.106 e. The molecule has 0 saturated heterocycles. The first-order chi connectivity index (χ1) is 8.27. The summed E-state index contributed by atoms with van der Waals surface area (Å²) in [5, 5.41) is 10.5. The molecule has 18 heavy (non-hydrogen) atoms. The maximum absolute atomic E-state index is 10.5. The summed E-state index contributed by atoms with van der Waals surface area (Å²) in [6, 6.07) is 6.10. The zero-order chi connectivity index (χ0) is 13.9. The van der Waals surface area contributed by atoms with E-state index in [0.29, 0.717) is 6.61 Å². The molecule has 2 nitrogen and oxygen atoms in total. The number of hydrogen-bond donors (Lipinski definition) is 1. The topological polar surface area (TPSA) is 29.5 Å². The predicted molar refractivity (Wildman–Crippen MR) is 75.7 cm³/mol. The van der Waals surface area contributed by atoms with Crippen molar-refractivity contribution in [1.29, 1.82) is 0 Å². The standard InChI is InChI=1S/C16H26O2/c1-7-18-15(16(4,5)6)14(17)13-9-8-11(2)12(3)10-13/h8-10,14-15,17H,7H2,1-6H3.